The summed E-state index contributed by atoms with van der Waals surface area (Å²) in [7, 11) is 3.57. The molecular weight excluding hydrogens is 228 g/mol. The lowest BCUT2D eigenvalue weighted by Crippen LogP contribution is -2.09. The Morgan fingerprint density at radius 1 is 1.22 bits per heavy atom. The van der Waals surface area contributed by atoms with E-state index in [1.165, 1.54) is 0 Å². The molecule has 0 aliphatic heterocycles. The van der Waals surface area contributed by atoms with E-state index in [2.05, 4.69) is 10.3 Å². The summed E-state index contributed by atoms with van der Waals surface area (Å²) in [5, 5.41) is 4.14. The summed E-state index contributed by atoms with van der Waals surface area (Å²) in [5.74, 6) is 0.864. The van der Waals surface area contributed by atoms with Crippen molar-refractivity contribution in [3.05, 3.63) is 36.0 Å². The average Bonchev–Trinajstić information content (AvgIpc) is 2.39. The van der Waals surface area contributed by atoms with E-state index in [1.807, 2.05) is 37.4 Å². The van der Waals surface area contributed by atoms with Crippen LogP contribution in [0.2, 0.25) is 0 Å². The van der Waals surface area contributed by atoms with Gasteiger partial charge in [0.15, 0.2) is 0 Å². The first-order chi connectivity index (χ1) is 8.85. The molecule has 0 radical (unpaired) electrons. The number of aromatic nitrogens is 1. The molecule has 1 N–H and O–H groups in total. The molecule has 0 atom stereocenters. The molecule has 0 unspecified atom stereocenters. The Hall–Kier alpha value is -1.65. The van der Waals surface area contributed by atoms with Gasteiger partial charge in [-0.05, 0) is 19.2 Å². The number of ether oxygens (including phenoxy) is 2. The lowest BCUT2D eigenvalue weighted by Gasteiger charge is -2.11. The number of rotatable bonds is 6. The lowest BCUT2D eigenvalue weighted by molar-refractivity contribution is 0.147. The molecule has 1 aromatic carbocycles. The fourth-order valence-corrected chi connectivity index (χ4v) is 1.82. The predicted octanol–water partition coefficient (Wildman–Crippen LogP) is 1.98. The quantitative estimate of drug-likeness (QED) is 0.791. The predicted molar refractivity (Wildman–Crippen MR) is 71.9 cm³/mol. The first-order valence-corrected chi connectivity index (χ1v) is 6.00. The van der Waals surface area contributed by atoms with Gasteiger partial charge in [-0.1, -0.05) is 12.1 Å². The van der Waals surface area contributed by atoms with E-state index >= 15 is 0 Å². The summed E-state index contributed by atoms with van der Waals surface area (Å²) in [6.45, 7) is 1.85. The van der Waals surface area contributed by atoms with E-state index in [4.69, 9.17) is 9.47 Å². The van der Waals surface area contributed by atoms with Crippen molar-refractivity contribution in [2.75, 3.05) is 27.4 Å². The van der Waals surface area contributed by atoms with Gasteiger partial charge in [0, 0.05) is 25.1 Å². The molecule has 2 aromatic rings. The fourth-order valence-electron chi connectivity index (χ4n) is 1.82. The zero-order valence-corrected chi connectivity index (χ0v) is 10.8. The van der Waals surface area contributed by atoms with Crippen molar-refractivity contribution in [3.63, 3.8) is 0 Å². The molecule has 1 aromatic heterocycles. The molecule has 4 nitrogen and oxygen atoms in total. The molecule has 0 aliphatic carbocycles. The van der Waals surface area contributed by atoms with E-state index in [1.54, 1.807) is 7.11 Å². The van der Waals surface area contributed by atoms with Gasteiger partial charge in [0.25, 0.3) is 0 Å². The number of nitrogens with one attached hydrogen (secondary N) is 1. The second-order valence-electron chi connectivity index (χ2n) is 4.00. The molecule has 0 bridgehead atoms. The Labute approximate surface area is 107 Å². The summed E-state index contributed by atoms with van der Waals surface area (Å²) >= 11 is 0. The van der Waals surface area contributed by atoms with Gasteiger partial charge >= 0.3 is 0 Å². The van der Waals surface area contributed by atoms with Gasteiger partial charge in [0.1, 0.15) is 12.4 Å². The highest BCUT2D eigenvalue weighted by Crippen LogP contribution is 2.25. The maximum absolute atomic E-state index is 5.75. The minimum absolute atomic E-state index is 0.545. The van der Waals surface area contributed by atoms with Crippen LogP contribution in [0.1, 0.15) is 5.69 Å². The van der Waals surface area contributed by atoms with Crippen molar-refractivity contribution in [2.45, 2.75) is 6.54 Å². The number of hydrogen-bond donors (Lipinski definition) is 1. The van der Waals surface area contributed by atoms with Crippen LogP contribution < -0.4 is 10.1 Å². The Morgan fingerprint density at radius 2 is 2.06 bits per heavy atom. The molecular formula is C14H18N2O2. The van der Waals surface area contributed by atoms with E-state index in [0.717, 1.165) is 28.9 Å². The number of para-hydroxylation sites is 1. The van der Waals surface area contributed by atoms with Gasteiger partial charge in [-0.2, -0.15) is 0 Å². The van der Waals surface area contributed by atoms with E-state index in [-0.39, 0.29) is 0 Å². The van der Waals surface area contributed by atoms with Gasteiger partial charge in [0.2, 0.25) is 0 Å². The molecule has 0 aliphatic rings. The third kappa shape index (κ3) is 2.97. The highest BCUT2D eigenvalue weighted by Gasteiger charge is 2.06. The highest BCUT2D eigenvalue weighted by atomic mass is 16.5. The maximum Gasteiger partial charge on any atom is 0.130 e. The summed E-state index contributed by atoms with van der Waals surface area (Å²) in [6, 6.07) is 9.97. The summed E-state index contributed by atoms with van der Waals surface area (Å²) in [6.07, 6.45) is 0. The number of methoxy groups -OCH3 is 1. The van der Waals surface area contributed by atoms with Crippen molar-refractivity contribution in [3.8, 4) is 5.75 Å². The molecule has 0 saturated carbocycles. The standard InChI is InChI=1S/C14H18N2O2/c1-15-10-11-9-14(18-8-7-17-2)12-5-3-4-6-13(12)16-11/h3-6,9,15H,7-8,10H2,1-2H3. The monoisotopic (exact) mass is 246 g/mol. The number of fused-ring (bicyclic) bond motifs is 1. The normalized spacial score (nSPS) is 10.8. The van der Waals surface area contributed by atoms with Crippen LogP contribution in [0.4, 0.5) is 0 Å². The topological polar surface area (TPSA) is 43.4 Å². The van der Waals surface area contributed by atoms with Gasteiger partial charge in [-0.15, -0.1) is 0 Å². The molecule has 2 rings (SSSR count). The smallest absolute Gasteiger partial charge is 0.130 e. The Kier molecular flexibility index (Phi) is 4.50. The molecule has 18 heavy (non-hydrogen) atoms. The SMILES string of the molecule is CNCc1cc(OCCOC)c2ccccc2n1. The number of pyridine rings is 1. The summed E-state index contributed by atoms with van der Waals surface area (Å²) in [4.78, 5) is 4.58. The van der Waals surface area contributed by atoms with E-state index in [0.29, 0.717) is 13.2 Å². The first kappa shape index (κ1) is 12.8. The Balaban J connectivity index is 2.34. The van der Waals surface area contributed by atoms with E-state index < -0.39 is 0 Å². The Morgan fingerprint density at radius 3 is 2.83 bits per heavy atom. The molecule has 0 spiro atoms. The summed E-state index contributed by atoms with van der Waals surface area (Å²) < 4.78 is 10.8. The lowest BCUT2D eigenvalue weighted by atomic mass is 10.2. The molecule has 4 heteroatoms. The van der Waals surface area contributed by atoms with Crippen molar-refractivity contribution in [2.24, 2.45) is 0 Å². The van der Waals surface area contributed by atoms with Crippen LogP contribution in [0.15, 0.2) is 30.3 Å². The minimum atomic E-state index is 0.545. The molecule has 0 saturated heterocycles. The van der Waals surface area contributed by atoms with Crippen molar-refractivity contribution in [1.82, 2.24) is 10.3 Å². The number of benzene rings is 1. The number of hydrogen-bond acceptors (Lipinski definition) is 4. The zero-order chi connectivity index (χ0) is 12.8. The zero-order valence-electron chi connectivity index (χ0n) is 10.8. The molecule has 1 heterocycles. The van der Waals surface area contributed by atoms with Crippen molar-refractivity contribution < 1.29 is 9.47 Å². The summed E-state index contributed by atoms with van der Waals surface area (Å²) in [5.41, 5.74) is 1.93. The van der Waals surface area contributed by atoms with Gasteiger partial charge < -0.3 is 14.8 Å². The minimum Gasteiger partial charge on any atom is -0.490 e. The van der Waals surface area contributed by atoms with Crippen molar-refractivity contribution >= 4 is 10.9 Å². The third-order valence-corrected chi connectivity index (χ3v) is 2.63. The fraction of sp³-hybridized carbons (Fsp3) is 0.357. The van der Waals surface area contributed by atoms with Crippen LogP contribution in [0, 0.1) is 0 Å². The van der Waals surface area contributed by atoms with Crippen LogP contribution >= 0.6 is 0 Å². The van der Waals surface area contributed by atoms with Crippen LogP contribution in [0.5, 0.6) is 5.75 Å². The number of nitrogens with zero attached hydrogens (tertiary/aromatic N) is 1. The molecule has 0 fully saturated rings. The average molecular weight is 246 g/mol. The molecule has 0 amide bonds. The van der Waals surface area contributed by atoms with Gasteiger partial charge in [0.05, 0.1) is 17.8 Å². The second kappa shape index (κ2) is 6.33. The van der Waals surface area contributed by atoms with Crippen molar-refractivity contribution in [1.29, 1.82) is 0 Å². The van der Waals surface area contributed by atoms with Crippen LogP contribution in [-0.2, 0) is 11.3 Å². The van der Waals surface area contributed by atoms with E-state index in [9.17, 15) is 0 Å². The molecule has 96 valence electrons. The maximum atomic E-state index is 5.75. The van der Waals surface area contributed by atoms with Crippen LogP contribution in [0.25, 0.3) is 10.9 Å². The first-order valence-electron chi connectivity index (χ1n) is 6.00. The third-order valence-electron chi connectivity index (χ3n) is 2.63. The van der Waals surface area contributed by atoms with Crippen LogP contribution in [-0.4, -0.2) is 32.4 Å². The van der Waals surface area contributed by atoms with Gasteiger partial charge in [-0.25, -0.2) is 0 Å². The van der Waals surface area contributed by atoms with Crippen LogP contribution in [0.3, 0.4) is 0 Å². The Bertz CT molecular complexity index is 514. The van der Waals surface area contributed by atoms with Gasteiger partial charge in [-0.3, -0.25) is 4.98 Å². The second-order valence-corrected chi connectivity index (χ2v) is 4.00. The highest BCUT2D eigenvalue weighted by molar-refractivity contribution is 5.85. The largest absolute Gasteiger partial charge is 0.490 e.